The zero-order chi connectivity index (χ0) is 18.4. The molecule has 1 heterocycles. The maximum absolute atomic E-state index is 5.84. The molecule has 26 heavy (non-hydrogen) atoms. The smallest absolute Gasteiger partial charge is 0.130 e. The average molecular weight is 372 g/mol. The second-order valence-electron chi connectivity index (χ2n) is 5.80. The standard InChI is InChI=1S/C21H22ClNO3/c1-3-11-25-16-6-4-15(5-7-16)19-14-21(26-12-10-22)18-9-8-17(24-2)13-20(18)23-19/h4-9,13-14H,3,10-12H2,1-2H3. The molecule has 0 atom stereocenters. The molecule has 4 nitrogen and oxygen atoms in total. The Kier molecular flexibility index (Phi) is 6.18. The van der Waals surface area contributed by atoms with Gasteiger partial charge in [-0.05, 0) is 42.8 Å². The molecule has 1 aromatic heterocycles. The van der Waals surface area contributed by atoms with Crippen molar-refractivity contribution in [3.63, 3.8) is 0 Å². The molecule has 2 aromatic carbocycles. The molecule has 0 saturated heterocycles. The number of rotatable bonds is 8. The van der Waals surface area contributed by atoms with Gasteiger partial charge in [-0.3, -0.25) is 0 Å². The third kappa shape index (κ3) is 4.20. The van der Waals surface area contributed by atoms with Gasteiger partial charge in [0, 0.05) is 23.1 Å². The van der Waals surface area contributed by atoms with Crippen LogP contribution in [0.25, 0.3) is 22.2 Å². The van der Waals surface area contributed by atoms with Gasteiger partial charge in [0.25, 0.3) is 0 Å². The SMILES string of the molecule is CCCOc1ccc(-c2cc(OCCCl)c3ccc(OC)cc3n2)cc1. The van der Waals surface area contributed by atoms with E-state index < -0.39 is 0 Å². The molecule has 0 aliphatic heterocycles. The molecule has 0 bridgehead atoms. The molecule has 3 rings (SSSR count). The molecule has 3 aromatic rings. The van der Waals surface area contributed by atoms with E-state index in [1.54, 1.807) is 7.11 Å². The van der Waals surface area contributed by atoms with Crippen LogP contribution in [-0.4, -0.2) is 31.2 Å². The number of aromatic nitrogens is 1. The van der Waals surface area contributed by atoms with Gasteiger partial charge in [0.1, 0.15) is 23.9 Å². The van der Waals surface area contributed by atoms with Crippen LogP contribution in [0.2, 0.25) is 0 Å². The Labute approximate surface area is 158 Å². The first-order valence-corrected chi connectivity index (χ1v) is 9.19. The summed E-state index contributed by atoms with van der Waals surface area (Å²) < 4.78 is 16.8. The van der Waals surface area contributed by atoms with Gasteiger partial charge in [0.05, 0.1) is 30.8 Å². The maximum Gasteiger partial charge on any atom is 0.130 e. The van der Waals surface area contributed by atoms with Crippen LogP contribution in [0.15, 0.2) is 48.5 Å². The van der Waals surface area contributed by atoms with Crippen molar-refractivity contribution >= 4 is 22.5 Å². The molecular formula is C21H22ClNO3. The molecule has 0 N–H and O–H groups in total. The van der Waals surface area contributed by atoms with Crippen molar-refractivity contribution in [2.24, 2.45) is 0 Å². The van der Waals surface area contributed by atoms with Crippen molar-refractivity contribution in [2.45, 2.75) is 13.3 Å². The fourth-order valence-corrected chi connectivity index (χ4v) is 2.74. The van der Waals surface area contributed by atoms with E-state index in [1.807, 2.05) is 48.5 Å². The molecular weight excluding hydrogens is 350 g/mol. The van der Waals surface area contributed by atoms with Gasteiger partial charge in [-0.15, -0.1) is 11.6 Å². The number of alkyl halides is 1. The van der Waals surface area contributed by atoms with E-state index in [2.05, 4.69) is 6.92 Å². The van der Waals surface area contributed by atoms with Crippen LogP contribution in [-0.2, 0) is 0 Å². The summed E-state index contributed by atoms with van der Waals surface area (Å²) in [7, 11) is 1.64. The van der Waals surface area contributed by atoms with E-state index in [0.29, 0.717) is 19.1 Å². The summed E-state index contributed by atoms with van der Waals surface area (Å²) in [5.74, 6) is 2.81. The second-order valence-corrected chi connectivity index (χ2v) is 6.18. The molecule has 0 unspecified atom stereocenters. The van der Waals surface area contributed by atoms with E-state index in [0.717, 1.165) is 45.8 Å². The predicted octanol–water partition coefficient (Wildman–Crippen LogP) is 5.32. The lowest BCUT2D eigenvalue weighted by Crippen LogP contribution is -2.00. The van der Waals surface area contributed by atoms with Crippen LogP contribution in [0.5, 0.6) is 17.2 Å². The number of fused-ring (bicyclic) bond motifs is 1. The Balaban J connectivity index is 2.01. The quantitative estimate of drug-likeness (QED) is 0.503. The Bertz CT molecular complexity index is 865. The molecule has 0 aliphatic rings. The predicted molar refractivity (Wildman–Crippen MR) is 106 cm³/mol. The summed E-state index contributed by atoms with van der Waals surface area (Å²) in [5.41, 5.74) is 2.64. The first kappa shape index (κ1) is 18.3. The van der Waals surface area contributed by atoms with Crippen molar-refractivity contribution in [1.29, 1.82) is 0 Å². The zero-order valence-corrected chi connectivity index (χ0v) is 15.8. The normalized spacial score (nSPS) is 10.7. The Morgan fingerprint density at radius 1 is 0.923 bits per heavy atom. The molecule has 0 fully saturated rings. The van der Waals surface area contributed by atoms with Gasteiger partial charge >= 0.3 is 0 Å². The van der Waals surface area contributed by atoms with Gasteiger partial charge in [-0.25, -0.2) is 4.98 Å². The molecule has 0 saturated carbocycles. The van der Waals surface area contributed by atoms with Crippen molar-refractivity contribution in [1.82, 2.24) is 4.98 Å². The third-order valence-electron chi connectivity index (χ3n) is 3.94. The van der Waals surface area contributed by atoms with Crippen molar-refractivity contribution in [3.05, 3.63) is 48.5 Å². The number of nitrogens with zero attached hydrogens (tertiary/aromatic N) is 1. The highest BCUT2D eigenvalue weighted by Crippen LogP contribution is 2.32. The summed E-state index contributed by atoms with van der Waals surface area (Å²) in [6.45, 7) is 3.24. The van der Waals surface area contributed by atoms with Crippen molar-refractivity contribution in [3.8, 4) is 28.5 Å². The minimum atomic E-state index is 0.429. The lowest BCUT2D eigenvalue weighted by Gasteiger charge is -2.12. The number of methoxy groups -OCH3 is 1. The number of benzene rings is 2. The summed E-state index contributed by atoms with van der Waals surface area (Å²) in [4.78, 5) is 4.78. The molecule has 5 heteroatoms. The van der Waals surface area contributed by atoms with Crippen LogP contribution in [0.1, 0.15) is 13.3 Å². The van der Waals surface area contributed by atoms with Gasteiger partial charge in [-0.1, -0.05) is 6.92 Å². The van der Waals surface area contributed by atoms with Crippen LogP contribution in [0, 0.1) is 0 Å². The number of pyridine rings is 1. The molecule has 0 radical (unpaired) electrons. The molecule has 0 aliphatic carbocycles. The van der Waals surface area contributed by atoms with E-state index in [1.165, 1.54) is 0 Å². The third-order valence-corrected chi connectivity index (χ3v) is 4.09. The number of ether oxygens (including phenoxy) is 3. The lowest BCUT2D eigenvalue weighted by atomic mass is 10.1. The van der Waals surface area contributed by atoms with E-state index in [9.17, 15) is 0 Å². The molecule has 136 valence electrons. The van der Waals surface area contributed by atoms with Gasteiger partial charge in [-0.2, -0.15) is 0 Å². The average Bonchev–Trinajstić information content (AvgIpc) is 2.70. The Morgan fingerprint density at radius 3 is 2.38 bits per heavy atom. The number of halogens is 1. The van der Waals surface area contributed by atoms with Crippen LogP contribution < -0.4 is 14.2 Å². The van der Waals surface area contributed by atoms with Gasteiger partial charge in [0.15, 0.2) is 0 Å². The second kappa shape index (κ2) is 8.77. The van der Waals surface area contributed by atoms with Crippen LogP contribution in [0.4, 0.5) is 0 Å². The minimum Gasteiger partial charge on any atom is -0.497 e. The summed E-state index contributed by atoms with van der Waals surface area (Å²) in [5, 5.41) is 0.933. The fourth-order valence-electron chi connectivity index (χ4n) is 2.66. The van der Waals surface area contributed by atoms with Crippen LogP contribution >= 0.6 is 11.6 Å². The highest BCUT2D eigenvalue weighted by Gasteiger charge is 2.10. The van der Waals surface area contributed by atoms with Gasteiger partial charge < -0.3 is 14.2 Å². The monoisotopic (exact) mass is 371 g/mol. The summed E-state index contributed by atoms with van der Waals surface area (Å²) in [6.07, 6.45) is 0.983. The lowest BCUT2D eigenvalue weighted by molar-refractivity contribution is 0.317. The summed E-state index contributed by atoms with van der Waals surface area (Å²) >= 11 is 5.79. The highest BCUT2D eigenvalue weighted by atomic mass is 35.5. The molecule has 0 amide bonds. The van der Waals surface area contributed by atoms with Crippen molar-refractivity contribution < 1.29 is 14.2 Å². The van der Waals surface area contributed by atoms with E-state index in [-0.39, 0.29) is 0 Å². The Hall–Kier alpha value is -2.46. The van der Waals surface area contributed by atoms with E-state index in [4.69, 9.17) is 30.8 Å². The van der Waals surface area contributed by atoms with Crippen LogP contribution in [0.3, 0.4) is 0 Å². The number of hydrogen-bond donors (Lipinski definition) is 0. The first-order valence-electron chi connectivity index (χ1n) is 8.66. The molecule has 0 spiro atoms. The minimum absolute atomic E-state index is 0.429. The van der Waals surface area contributed by atoms with Crippen molar-refractivity contribution in [2.75, 3.05) is 26.2 Å². The number of hydrogen-bond acceptors (Lipinski definition) is 4. The highest BCUT2D eigenvalue weighted by molar-refractivity contribution is 6.18. The zero-order valence-electron chi connectivity index (χ0n) is 15.0. The van der Waals surface area contributed by atoms with E-state index >= 15 is 0 Å². The summed E-state index contributed by atoms with van der Waals surface area (Å²) in [6, 6.07) is 15.6. The largest absolute Gasteiger partial charge is 0.497 e. The maximum atomic E-state index is 5.84. The Morgan fingerprint density at radius 2 is 1.69 bits per heavy atom. The van der Waals surface area contributed by atoms with Gasteiger partial charge in [0.2, 0.25) is 0 Å². The fraction of sp³-hybridized carbons (Fsp3) is 0.286. The first-order chi connectivity index (χ1) is 12.7. The topological polar surface area (TPSA) is 40.6 Å².